The molecule has 4 heteroatoms. The maximum absolute atomic E-state index is 12.5. The highest BCUT2D eigenvalue weighted by atomic mass is 16.5. The largest absolute Gasteiger partial charge is 0.468 e. The van der Waals surface area contributed by atoms with Crippen LogP contribution in [0.15, 0.2) is 30.3 Å². The lowest BCUT2D eigenvalue weighted by Crippen LogP contribution is -2.45. The van der Waals surface area contributed by atoms with Gasteiger partial charge in [0.1, 0.15) is 17.0 Å². The zero-order valence-electron chi connectivity index (χ0n) is 13.8. The SMILES string of the molecule is COC(=O)[C@@](CCCc1ccccc1)(C(C)=O)[C@@H]1CCC(=O)C1. The molecule has 2 rings (SSSR count). The highest BCUT2D eigenvalue weighted by Gasteiger charge is 2.52. The molecule has 1 fully saturated rings. The van der Waals surface area contributed by atoms with Crippen molar-refractivity contribution in [3.8, 4) is 0 Å². The van der Waals surface area contributed by atoms with Gasteiger partial charge in [0.15, 0.2) is 0 Å². The van der Waals surface area contributed by atoms with Crippen LogP contribution in [0.5, 0.6) is 0 Å². The minimum atomic E-state index is -1.17. The molecule has 0 unspecified atom stereocenters. The zero-order valence-corrected chi connectivity index (χ0v) is 13.8. The van der Waals surface area contributed by atoms with Gasteiger partial charge in [-0.2, -0.15) is 0 Å². The number of ether oxygens (including phenoxy) is 1. The summed E-state index contributed by atoms with van der Waals surface area (Å²) in [6.07, 6.45) is 3.30. The molecule has 0 aliphatic heterocycles. The predicted octanol–water partition coefficient (Wildman–Crippen LogP) is 3.13. The Bertz CT molecular complexity index is 578. The molecule has 1 aromatic carbocycles. The Morgan fingerprint density at radius 2 is 1.96 bits per heavy atom. The second-order valence-corrected chi connectivity index (χ2v) is 6.34. The third-order valence-corrected chi connectivity index (χ3v) is 5.00. The number of carbonyl (C=O) groups excluding carboxylic acids is 3. The smallest absolute Gasteiger partial charge is 0.319 e. The number of esters is 1. The van der Waals surface area contributed by atoms with E-state index >= 15 is 0 Å². The van der Waals surface area contributed by atoms with Crippen molar-refractivity contribution in [1.82, 2.24) is 0 Å². The first-order chi connectivity index (χ1) is 11.0. The molecule has 0 radical (unpaired) electrons. The number of aryl methyl sites for hydroxylation is 1. The molecule has 23 heavy (non-hydrogen) atoms. The molecule has 1 aromatic rings. The van der Waals surface area contributed by atoms with Gasteiger partial charge in [0.05, 0.1) is 7.11 Å². The first-order valence-corrected chi connectivity index (χ1v) is 8.15. The second kappa shape index (κ2) is 7.53. The van der Waals surface area contributed by atoms with Crippen LogP contribution in [0.25, 0.3) is 0 Å². The van der Waals surface area contributed by atoms with Crippen LogP contribution >= 0.6 is 0 Å². The average Bonchev–Trinajstić information content (AvgIpc) is 2.98. The first-order valence-electron chi connectivity index (χ1n) is 8.15. The highest BCUT2D eigenvalue weighted by Crippen LogP contribution is 2.44. The van der Waals surface area contributed by atoms with E-state index in [-0.39, 0.29) is 17.5 Å². The predicted molar refractivity (Wildman–Crippen MR) is 86.9 cm³/mol. The normalized spacial score (nSPS) is 20.1. The van der Waals surface area contributed by atoms with Gasteiger partial charge in [-0.25, -0.2) is 0 Å². The number of rotatable bonds is 7. The van der Waals surface area contributed by atoms with Crippen LogP contribution in [0.3, 0.4) is 0 Å². The highest BCUT2D eigenvalue weighted by molar-refractivity contribution is 6.04. The number of benzene rings is 1. The maximum Gasteiger partial charge on any atom is 0.319 e. The Morgan fingerprint density at radius 3 is 2.48 bits per heavy atom. The molecule has 0 amide bonds. The molecular formula is C19H24O4. The number of hydrogen-bond donors (Lipinski definition) is 0. The summed E-state index contributed by atoms with van der Waals surface area (Å²) >= 11 is 0. The summed E-state index contributed by atoms with van der Waals surface area (Å²) in [5.41, 5.74) is 0.00713. The molecule has 2 atom stereocenters. The lowest BCUT2D eigenvalue weighted by molar-refractivity contribution is -0.162. The monoisotopic (exact) mass is 316 g/mol. The van der Waals surface area contributed by atoms with Gasteiger partial charge in [-0.1, -0.05) is 30.3 Å². The molecule has 1 saturated carbocycles. The molecular weight excluding hydrogens is 292 g/mol. The quantitative estimate of drug-likeness (QED) is 0.573. The third kappa shape index (κ3) is 3.69. The molecule has 0 aromatic heterocycles. The van der Waals surface area contributed by atoms with Crippen molar-refractivity contribution in [2.75, 3.05) is 7.11 Å². The Balaban J connectivity index is 2.16. The van der Waals surface area contributed by atoms with Crippen molar-refractivity contribution in [3.05, 3.63) is 35.9 Å². The molecule has 4 nitrogen and oxygen atoms in total. The summed E-state index contributed by atoms with van der Waals surface area (Å²) in [6.45, 7) is 1.45. The van der Waals surface area contributed by atoms with Crippen LogP contribution in [-0.4, -0.2) is 24.6 Å². The van der Waals surface area contributed by atoms with Gasteiger partial charge in [0.2, 0.25) is 0 Å². The zero-order chi connectivity index (χ0) is 16.9. The van der Waals surface area contributed by atoms with E-state index in [1.165, 1.54) is 19.6 Å². The van der Waals surface area contributed by atoms with Gasteiger partial charge < -0.3 is 4.74 Å². The van der Waals surface area contributed by atoms with Crippen LogP contribution in [0.1, 0.15) is 44.6 Å². The van der Waals surface area contributed by atoms with Crippen LogP contribution in [-0.2, 0) is 25.5 Å². The Labute approximate surface area is 137 Å². The van der Waals surface area contributed by atoms with Crippen LogP contribution in [0.2, 0.25) is 0 Å². The molecule has 0 heterocycles. The second-order valence-electron chi connectivity index (χ2n) is 6.34. The van der Waals surface area contributed by atoms with Gasteiger partial charge in [-0.05, 0) is 44.1 Å². The van der Waals surface area contributed by atoms with E-state index < -0.39 is 11.4 Å². The molecule has 0 N–H and O–H groups in total. The number of Topliss-reactive ketones (excluding diaryl/α,β-unsaturated/α-hetero) is 2. The first kappa shape index (κ1) is 17.4. The fourth-order valence-corrected chi connectivity index (χ4v) is 3.71. The van der Waals surface area contributed by atoms with E-state index in [9.17, 15) is 14.4 Å². The van der Waals surface area contributed by atoms with Gasteiger partial charge in [0, 0.05) is 12.8 Å². The molecule has 0 saturated heterocycles. The molecule has 1 aliphatic rings. The van der Waals surface area contributed by atoms with Crippen molar-refractivity contribution in [2.24, 2.45) is 11.3 Å². The van der Waals surface area contributed by atoms with E-state index in [0.29, 0.717) is 32.1 Å². The molecule has 124 valence electrons. The molecule has 1 aliphatic carbocycles. The fourth-order valence-electron chi connectivity index (χ4n) is 3.71. The van der Waals surface area contributed by atoms with Crippen LogP contribution < -0.4 is 0 Å². The summed E-state index contributed by atoms with van der Waals surface area (Å²) < 4.78 is 4.96. The summed E-state index contributed by atoms with van der Waals surface area (Å²) in [4.78, 5) is 36.5. The Kier molecular flexibility index (Phi) is 5.69. The number of ketones is 2. The Morgan fingerprint density at radius 1 is 1.26 bits per heavy atom. The number of methoxy groups -OCH3 is 1. The molecule has 0 spiro atoms. The van der Waals surface area contributed by atoms with E-state index in [4.69, 9.17) is 4.74 Å². The lowest BCUT2D eigenvalue weighted by Gasteiger charge is -2.33. The standard InChI is InChI=1S/C19H24O4/c1-14(20)19(18(22)23-2,16-10-11-17(21)13-16)12-6-9-15-7-4-3-5-8-15/h3-5,7-8,16H,6,9-13H2,1-2H3/t16-,19+/m1/s1. The minimum absolute atomic E-state index is 0.132. The molecule has 0 bridgehead atoms. The maximum atomic E-state index is 12.5. The fraction of sp³-hybridized carbons (Fsp3) is 0.526. The van der Waals surface area contributed by atoms with Gasteiger partial charge in [-0.15, -0.1) is 0 Å². The van der Waals surface area contributed by atoms with Crippen molar-refractivity contribution in [2.45, 2.75) is 45.4 Å². The summed E-state index contributed by atoms with van der Waals surface area (Å²) in [6, 6.07) is 9.98. The number of carbonyl (C=O) groups is 3. The van der Waals surface area contributed by atoms with Gasteiger partial charge >= 0.3 is 5.97 Å². The van der Waals surface area contributed by atoms with Crippen molar-refractivity contribution in [3.63, 3.8) is 0 Å². The third-order valence-electron chi connectivity index (χ3n) is 5.00. The number of hydrogen-bond acceptors (Lipinski definition) is 4. The summed E-state index contributed by atoms with van der Waals surface area (Å²) in [7, 11) is 1.31. The van der Waals surface area contributed by atoms with E-state index in [2.05, 4.69) is 0 Å². The summed E-state index contributed by atoms with van der Waals surface area (Å²) in [5.74, 6) is -0.766. The van der Waals surface area contributed by atoms with Crippen molar-refractivity contribution >= 4 is 17.5 Å². The van der Waals surface area contributed by atoms with E-state index in [1.54, 1.807) is 0 Å². The van der Waals surface area contributed by atoms with Gasteiger partial charge in [-0.3, -0.25) is 14.4 Å². The lowest BCUT2D eigenvalue weighted by atomic mass is 9.68. The van der Waals surface area contributed by atoms with E-state index in [0.717, 1.165) is 6.42 Å². The van der Waals surface area contributed by atoms with Gasteiger partial charge in [0.25, 0.3) is 0 Å². The average molecular weight is 316 g/mol. The van der Waals surface area contributed by atoms with Crippen LogP contribution in [0.4, 0.5) is 0 Å². The Hall–Kier alpha value is -1.97. The van der Waals surface area contributed by atoms with E-state index in [1.807, 2.05) is 30.3 Å². The summed E-state index contributed by atoms with van der Waals surface area (Å²) in [5, 5.41) is 0. The van der Waals surface area contributed by atoms with Crippen LogP contribution in [0, 0.1) is 11.3 Å². The minimum Gasteiger partial charge on any atom is -0.468 e. The van der Waals surface area contributed by atoms with Crippen molar-refractivity contribution in [1.29, 1.82) is 0 Å². The topological polar surface area (TPSA) is 60.4 Å². The van der Waals surface area contributed by atoms with Crippen molar-refractivity contribution < 1.29 is 19.1 Å².